The molecule has 0 aromatic carbocycles. The van der Waals surface area contributed by atoms with Crippen LogP contribution in [0.15, 0.2) is 29.7 Å². The molecule has 2 aliphatic rings. The van der Waals surface area contributed by atoms with Gasteiger partial charge in [0.15, 0.2) is 0 Å². The second kappa shape index (κ2) is 7.69. The first-order valence-electron chi connectivity index (χ1n) is 8.67. The van der Waals surface area contributed by atoms with E-state index in [0.717, 1.165) is 31.4 Å². The molecule has 122 valence electrons. The van der Waals surface area contributed by atoms with E-state index < -0.39 is 5.60 Å². The monoisotopic (exact) mass is 303 g/mol. The molecule has 3 heteroatoms. The Hall–Kier alpha value is -1.47. The van der Waals surface area contributed by atoms with Gasteiger partial charge in [-0.25, -0.2) is 4.79 Å². The highest BCUT2D eigenvalue weighted by Crippen LogP contribution is 2.35. The molecule has 22 heavy (non-hydrogen) atoms. The first-order chi connectivity index (χ1) is 10.5. The molecule has 0 bridgehead atoms. The van der Waals surface area contributed by atoms with E-state index in [1.807, 2.05) is 19.1 Å². The summed E-state index contributed by atoms with van der Waals surface area (Å²) in [6.45, 7) is 6.69. The highest BCUT2D eigenvalue weighted by Gasteiger charge is 2.35. The summed E-state index contributed by atoms with van der Waals surface area (Å²) in [5.41, 5.74) is 3.62. The van der Waals surface area contributed by atoms with Crippen LogP contribution >= 0.6 is 0 Å². The Balaban J connectivity index is 2.06. The summed E-state index contributed by atoms with van der Waals surface area (Å²) in [4.78, 5) is 14.3. The Morgan fingerprint density at radius 1 is 1.32 bits per heavy atom. The van der Waals surface area contributed by atoms with Crippen molar-refractivity contribution in [1.82, 2.24) is 4.90 Å². The molecule has 0 heterocycles. The van der Waals surface area contributed by atoms with Crippen LogP contribution in [0.3, 0.4) is 0 Å². The van der Waals surface area contributed by atoms with Gasteiger partial charge in [-0.1, -0.05) is 31.1 Å². The number of allylic oxidation sites excluding steroid dienone is 2. The van der Waals surface area contributed by atoms with Crippen molar-refractivity contribution in [1.29, 1.82) is 0 Å². The number of ether oxygens (including phenoxy) is 1. The van der Waals surface area contributed by atoms with Crippen molar-refractivity contribution >= 4 is 6.09 Å². The van der Waals surface area contributed by atoms with Crippen LogP contribution in [0.4, 0.5) is 4.79 Å². The lowest BCUT2D eigenvalue weighted by atomic mass is 9.79. The molecule has 0 N–H and O–H groups in total. The van der Waals surface area contributed by atoms with Crippen molar-refractivity contribution in [3.63, 3.8) is 0 Å². The Labute approximate surface area is 134 Å². The van der Waals surface area contributed by atoms with Gasteiger partial charge in [-0.2, -0.15) is 0 Å². The number of rotatable bonds is 4. The molecule has 1 fully saturated rings. The quantitative estimate of drug-likeness (QED) is 0.669. The third kappa shape index (κ3) is 4.27. The first-order valence-corrected chi connectivity index (χ1v) is 8.67. The molecule has 0 unspecified atom stereocenters. The number of hydrogen-bond donors (Lipinski definition) is 0. The summed E-state index contributed by atoms with van der Waals surface area (Å²) in [6.07, 6.45) is 13.9. The zero-order valence-electron chi connectivity index (χ0n) is 14.2. The predicted octanol–water partition coefficient (Wildman–Crippen LogP) is 5.19. The number of likely N-dealkylation sites (N-methyl/N-ethyl adjacent to an activating group) is 1. The molecule has 1 amide bonds. The van der Waals surface area contributed by atoms with Gasteiger partial charge in [0.1, 0.15) is 5.60 Å². The zero-order valence-corrected chi connectivity index (χ0v) is 14.2. The second-order valence-corrected chi connectivity index (χ2v) is 6.76. The largest absolute Gasteiger partial charge is 0.443 e. The maximum absolute atomic E-state index is 12.6. The fraction of sp³-hybridized carbons (Fsp3) is 0.684. The fourth-order valence-electron chi connectivity index (χ4n) is 3.33. The molecular weight excluding hydrogens is 274 g/mol. The van der Waals surface area contributed by atoms with Crippen LogP contribution in [0.1, 0.15) is 65.7 Å². The van der Waals surface area contributed by atoms with Crippen molar-refractivity contribution < 1.29 is 9.53 Å². The standard InChI is InChI=1S/C19H29NO2/c1-4-20(17-14-10-5-6-11-15-17)18(21)22-19(2,3)16-12-8-7-9-13-16/h10-11,14,16H,4-9,12-13H2,1-3H3. The lowest BCUT2D eigenvalue weighted by Crippen LogP contribution is -2.42. The third-order valence-electron chi connectivity index (χ3n) is 4.77. The predicted molar refractivity (Wildman–Crippen MR) is 89.5 cm³/mol. The summed E-state index contributed by atoms with van der Waals surface area (Å²) in [5, 5.41) is 0. The van der Waals surface area contributed by atoms with Crippen LogP contribution in [0.25, 0.3) is 0 Å². The van der Waals surface area contributed by atoms with Crippen molar-refractivity contribution in [3.8, 4) is 0 Å². The van der Waals surface area contributed by atoms with Gasteiger partial charge in [0.25, 0.3) is 0 Å². The van der Waals surface area contributed by atoms with E-state index in [0.29, 0.717) is 12.5 Å². The molecule has 0 aromatic heterocycles. The minimum Gasteiger partial charge on any atom is -0.443 e. The van der Waals surface area contributed by atoms with Crippen molar-refractivity contribution in [3.05, 3.63) is 29.7 Å². The molecule has 3 nitrogen and oxygen atoms in total. The Morgan fingerprint density at radius 3 is 2.73 bits per heavy atom. The summed E-state index contributed by atoms with van der Waals surface area (Å²) in [7, 11) is 0. The molecule has 0 saturated heterocycles. The average Bonchev–Trinajstić information content (AvgIpc) is 2.78. The lowest BCUT2D eigenvalue weighted by Gasteiger charge is -2.37. The molecule has 1 saturated carbocycles. The van der Waals surface area contributed by atoms with Gasteiger partial charge in [0.2, 0.25) is 0 Å². The molecule has 2 aliphatic carbocycles. The van der Waals surface area contributed by atoms with Gasteiger partial charge >= 0.3 is 6.09 Å². The average molecular weight is 303 g/mol. The van der Waals surface area contributed by atoms with Gasteiger partial charge < -0.3 is 4.74 Å². The van der Waals surface area contributed by atoms with Gasteiger partial charge in [0, 0.05) is 6.54 Å². The molecule has 0 atom stereocenters. The van der Waals surface area contributed by atoms with Crippen LogP contribution in [-0.2, 0) is 4.74 Å². The van der Waals surface area contributed by atoms with Crippen LogP contribution in [0, 0.1) is 5.92 Å². The second-order valence-electron chi connectivity index (χ2n) is 6.76. The molecule has 0 aliphatic heterocycles. The van der Waals surface area contributed by atoms with Crippen molar-refractivity contribution in [2.45, 2.75) is 71.3 Å². The van der Waals surface area contributed by atoms with Gasteiger partial charge in [-0.3, -0.25) is 4.90 Å². The number of carbonyl (C=O) groups excluding carboxylic acids is 1. The van der Waals surface area contributed by atoms with E-state index in [-0.39, 0.29) is 6.09 Å². The minimum atomic E-state index is -0.399. The van der Waals surface area contributed by atoms with E-state index in [1.54, 1.807) is 4.90 Å². The Kier molecular flexibility index (Phi) is 5.90. The zero-order chi connectivity index (χ0) is 16.0. The van der Waals surface area contributed by atoms with E-state index >= 15 is 0 Å². The highest BCUT2D eigenvalue weighted by molar-refractivity contribution is 5.71. The summed E-state index contributed by atoms with van der Waals surface area (Å²) in [6, 6.07) is 0. The van der Waals surface area contributed by atoms with Crippen LogP contribution < -0.4 is 0 Å². The molecule has 0 spiro atoms. The van der Waals surface area contributed by atoms with E-state index in [9.17, 15) is 4.79 Å². The highest BCUT2D eigenvalue weighted by atomic mass is 16.6. The van der Waals surface area contributed by atoms with Gasteiger partial charge in [-0.05, 0) is 64.5 Å². The normalized spacial score (nSPS) is 19.5. The maximum Gasteiger partial charge on any atom is 0.415 e. The number of nitrogens with zero attached hydrogens (tertiary/aromatic N) is 1. The first kappa shape index (κ1) is 16.9. The van der Waals surface area contributed by atoms with Gasteiger partial charge in [-0.15, -0.1) is 0 Å². The smallest absolute Gasteiger partial charge is 0.415 e. The summed E-state index contributed by atoms with van der Waals surface area (Å²) >= 11 is 0. The van der Waals surface area contributed by atoms with Gasteiger partial charge in [0.05, 0.1) is 5.70 Å². The molecule has 0 radical (unpaired) electrons. The molecular formula is C19H29NO2. The molecule has 2 rings (SSSR count). The topological polar surface area (TPSA) is 29.5 Å². The SMILES string of the molecule is CCN(C(=O)OC(C)(C)C1CCCCC1)C1=C=CCCC=C1. The van der Waals surface area contributed by atoms with E-state index in [4.69, 9.17) is 4.74 Å². The lowest BCUT2D eigenvalue weighted by molar-refractivity contribution is -0.0303. The summed E-state index contributed by atoms with van der Waals surface area (Å²) in [5.74, 6) is 0.470. The Morgan fingerprint density at radius 2 is 2.05 bits per heavy atom. The number of carbonyl (C=O) groups is 1. The summed E-state index contributed by atoms with van der Waals surface area (Å²) < 4.78 is 5.90. The van der Waals surface area contributed by atoms with Crippen molar-refractivity contribution in [2.24, 2.45) is 5.92 Å². The fourth-order valence-corrected chi connectivity index (χ4v) is 3.33. The van der Waals surface area contributed by atoms with E-state index in [2.05, 4.69) is 25.7 Å². The van der Waals surface area contributed by atoms with Crippen LogP contribution in [0.2, 0.25) is 0 Å². The van der Waals surface area contributed by atoms with Crippen LogP contribution in [0.5, 0.6) is 0 Å². The van der Waals surface area contributed by atoms with E-state index in [1.165, 1.54) is 19.3 Å². The molecule has 0 aromatic rings. The number of hydrogen-bond acceptors (Lipinski definition) is 2. The minimum absolute atomic E-state index is 0.250. The van der Waals surface area contributed by atoms with Crippen LogP contribution in [-0.4, -0.2) is 23.1 Å². The Bertz CT molecular complexity index is 478. The number of amides is 1. The maximum atomic E-state index is 12.6. The van der Waals surface area contributed by atoms with Crippen molar-refractivity contribution in [2.75, 3.05) is 6.54 Å². The third-order valence-corrected chi connectivity index (χ3v) is 4.77.